The molecule has 2 rings (SSSR count). The second-order valence-electron chi connectivity index (χ2n) is 3.64. The molecule has 6 heteroatoms. The van der Waals surface area contributed by atoms with E-state index < -0.39 is 5.97 Å². The second kappa shape index (κ2) is 4.56. The zero-order valence-electron chi connectivity index (χ0n) is 9.94. The van der Waals surface area contributed by atoms with Crippen molar-refractivity contribution in [2.24, 2.45) is 0 Å². The summed E-state index contributed by atoms with van der Waals surface area (Å²) in [5, 5.41) is 0.390. The van der Waals surface area contributed by atoms with Crippen LogP contribution in [0, 0.1) is 0 Å². The maximum Gasteiger partial charge on any atom is 0.354 e. The van der Waals surface area contributed by atoms with Crippen LogP contribution >= 0.6 is 0 Å². The molecular formula is C12H10BNO4. The number of aromatic nitrogens is 1. The van der Waals surface area contributed by atoms with Crippen molar-refractivity contribution in [1.82, 2.24) is 4.98 Å². The van der Waals surface area contributed by atoms with Crippen molar-refractivity contribution in [1.29, 1.82) is 0 Å². The third kappa shape index (κ3) is 1.86. The highest BCUT2D eigenvalue weighted by molar-refractivity contribution is 6.40. The maximum absolute atomic E-state index is 11.8. The topological polar surface area (TPSA) is 68.4 Å². The van der Waals surface area contributed by atoms with Gasteiger partial charge in [0.25, 0.3) is 0 Å². The van der Waals surface area contributed by atoms with Gasteiger partial charge in [-0.05, 0) is 17.6 Å². The number of carbonyl (C=O) groups excluding carboxylic acids is 1. The van der Waals surface area contributed by atoms with Crippen LogP contribution in [0.4, 0.5) is 0 Å². The SMILES string of the molecule is [B]c1c(OC)ccc2c(=O)cc(C(=O)OC)[nH]c12. The van der Waals surface area contributed by atoms with Crippen LogP contribution in [0.5, 0.6) is 5.75 Å². The number of ether oxygens (including phenoxy) is 2. The number of nitrogens with one attached hydrogen (secondary N) is 1. The molecule has 0 aliphatic heterocycles. The van der Waals surface area contributed by atoms with E-state index in [4.69, 9.17) is 12.6 Å². The molecule has 2 radical (unpaired) electrons. The van der Waals surface area contributed by atoms with Crippen LogP contribution in [0.3, 0.4) is 0 Å². The van der Waals surface area contributed by atoms with E-state index in [9.17, 15) is 9.59 Å². The highest BCUT2D eigenvalue weighted by atomic mass is 16.5. The van der Waals surface area contributed by atoms with Gasteiger partial charge >= 0.3 is 5.97 Å². The molecule has 90 valence electrons. The van der Waals surface area contributed by atoms with Gasteiger partial charge in [-0.3, -0.25) is 4.79 Å². The molecule has 0 saturated heterocycles. The van der Waals surface area contributed by atoms with E-state index in [-0.39, 0.29) is 16.6 Å². The molecule has 0 atom stereocenters. The fourth-order valence-corrected chi connectivity index (χ4v) is 1.72. The Hall–Kier alpha value is -2.24. The Morgan fingerprint density at radius 3 is 2.67 bits per heavy atom. The number of fused-ring (bicyclic) bond motifs is 1. The van der Waals surface area contributed by atoms with Gasteiger partial charge < -0.3 is 14.5 Å². The number of benzene rings is 1. The molecule has 0 unspecified atom stereocenters. The van der Waals surface area contributed by atoms with E-state index in [0.717, 1.165) is 0 Å². The summed E-state index contributed by atoms with van der Waals surface area (Å²) in [6, 6.07) is 4.37. The highest BCUT2D eigenvalue weighted by Gasteiger charge is 2.12. The van der Waals surface area contributed by atoms with Crippen LogP contribution in [0.15, 0.2) is 23.0 Å². The van der Waals surface area contributed by atoms with Crippen molar-refractivity contribution in [3.8, 4) is 5.75 Å². The summed E-state index contributed by atoms with van der Waals surface area (Å²) in [6.45, 7) is 0. The Bertz CT molecular complexity index is 678. The third-order valence-corrected chi connectivity index (χ3v) is 2.63. The quantitative estimate of drug-likeness (QED) is 0.600. The number of pyridine rings is 1. The molecule has 0 saturated carbocycles. The number of carbonyl (C=O) groups is 1. The average molecular weight is 243 g/mol. The first-order valence-electron chi connectivity index (χ1n) is 5.16. The van der Waals surface area contributed by atoms with E-state index >= 15 is 0 Å². The second-order valence-corrected chi connectivity index (χ2v) is 3.64. The van der Waals surface area contributed by atoms with E-state index in [0.29, 0.717) is 16.7 Å². The number of esters is 1. The summed E-state index contributed by atoms with van der Waals surface area (Å²) < 4.78 is 9.61. The first-order chi connectivity index (χ1) is 8.58. The molecule has 1 heterocycles. The Labute approximate surface area is 104 Å². The van der Waals surface area contributed by atoms with Crippen LogP contribution < -0.4 is 15.6 Å². The predicted molar refractivity (Wildman–Crippen MR) is 67.8 cm³/mol. The van der Waals surface area contributed by atoms with Crippen molar-refractivity contribution in [3.63, 3.8) is 0 Å². The average Bonchev–Trinajstić information content (AvgIpc) is 2.38. The summed E-state index contributed by atoms with van der Waals surface area (Å²) in [5.41, 5.74) is 0.383. The van der Waals surface area contributed by atoms with Gasteiger partial charge in [-0.15, -0.1) is 0 Å². The Morgan fingerprint density at radius 2 is 2.06 bits per heavy atom. The molecule has 0 spiro atoms. The van der Waals surface area contributed by atoms with Gasteiger partial charge in [0.2, 0.25) is 0 Å². The van der Waals surface area contributed by atoms with Crippen molar-refractivity contribution in [2.75, 3.05) is 14.2 Å². The molecule has 1 N–H and O–H groups in total. The molecule has 2 aromatic rings. The minimum atomic E-state index is -0.629. The van der Waals surface area contributed by atoms with Crippen molar-refractivity contribution in [2.45, 2.75) is 0 Å². The van der Waals surface area contributed by atoms with E-state index in [2.05, 4.69) is 9.72 Å². The number of hydrogen-bond donors (Lipinski definition) is 1. The molecule has 0 amide bonds. The lowest BCUT2D eigenvalue weighted by Gasteiger charge is -2.09. The largest absolute Gasteiger partial charge is 0.497 e. The molecule has 1 aromatic heterocycles. The van der Waals surface area contributed by atoms with Gasteiger partial charge in [0.15, 0.2) is 5.43 Å². The van der Waals surface area contributed by atoms with Gasteiger partial charge in [-0.25, -0.2) is 4.79 Å². The fourth-order valence-electron chi connectivity index (χ4n) is 1.72. The summed E-state index contributed by atoms with van der Waals surface area (Å²) in [7, 11) is 8.57. The first kappa shape index (κ1) is 12.2. The minimum Gasteiger partial charge on any atom is -0.497 e. The summed E-state index contributed by atoms with van der Waals surface area (Å²) in [6.07, 6.45) is 0. The zero-order valence-corrected chi connectivity index (χ0v) is 9.94. The Kier molecular flexibility index (Phi) is 3.10. The van der Waals surface area contributed by atoms with Crippen LogP contribution in [0.25, 0.3) is 10.9 Å². The number of hydrogen-bond acceptors (Lipinski definition) is 4. The van der Waals surface area contributed by atoms with E-state index in [1.54, 1.807) is 12.1 Å². The Morgan fingerprint density at radius 1 is 1.33 bits per heavy atom. The lowest BCUT2D eigenvalue weighted by molar-refractivity contribution is 0.0594. The summed E-state index contributed by atoms with van der Waals surface area (Å²) >= 11 is 0. The smallest absolute Gasteiger partial charge is 0.354 e. The molecule has 0 bridgehead atoms. The molecule has 5 nitrogen and oxygen atoms in total. The molecule has 0 aliphatic carbocycles. The lowest BCUT2D eigenvalue weighted by Crippen LogP contribution is -2.17. The van der Waals surface area contributed by atoms with Gasteiger partial charge in [-0.1, -0.05) is 0 Å². The molecule has 0 fully saturated rings. The Balaban J connectivity index is 2.80. The molecular weight excluding hydrogens is 233 g/mol. The van der Waals surface area contributed by atoms with Crippen LogP contribution in [0.1, 0.15) is 10.5 Å². The number of rotatable bonds is 2. The van der Waals surface area contributed by atoms with E-state index in [1.807, 2.05) is 0 Å². The van der Waals surface area contributed by atoms with Crippen LogP contribution in [-0.4, -0.2) is 33.0 Å². The standard InChI is InChI=1S/C12H10BNO4/c1-17-9-4-3-6-8(15)5-7(12(16)18-2)14-11(6)10(9)13/h3-5H,1-2H3,(H,14,15). The summed E-state index contributed by atoms with van der Waals surface area (Å²) in [4.78, 5) is 26.0. The maximum atomic E-state index is 11.8. The number of aromatic amines is 1. The molecule has 1 aromatic carbocycles. The van der Waals surface area contributed by atoms with Gasteiger partial charge in [0.05, 0.1) is 14.2 Å². The lowest BCUT2D eigenvalue weighted by atomic mass is 9.91. The van der Waals surface area contributed by atoms with Gasteiger partial charge in [0.1, 0.15) is 19.3 Å². The summed E-state index contributed by atoms with van der Waals surface area (Å²) in [5.74, 6) is -0.198. The normalized spacial score (nSPS) is 10.3. The van der Waals surface area contributed by atoms with Crippen LogP contribution in [0.2, 0.25) is 0 Å². The first-order valence-corrected chi connectivity index (χ1v) is 5.16. The van der Waals surface area contributed by atoms with Gasteiger partial charge in [0, 0.05) is 17.0 Å². The number of H-pyrrole nitrogens is 1. The van der Waals surface area contributed by atoms with Crippen molar-refractivity contribution in [3.05, 3.63) is 34.1 Å². The van der Waals surface area contributed by atoms with Crippen molar-refractivity contribution >= 4 is 30.2 Å². The van der Waals surface area contributed by atoms with Crippen molar-refractivity contribution < 1.29 is 14.3 Å². The van der Waals surface area contributed by atoms with Crippen LogP contribution in [-0.2, 0) is 4.74 Å². The van der Waals surface area contributed by atoms with E-state index in [1.165, 1.54) is 20.3 Å². The highest BCUT2D eigenvalue weighted by Crippen LogP contribution is 2.13. The van der Waals surface area contributed by atoms with Gasteiger partial charge in [-0.2, -0.15) is 0 Å². The minimum absolute atomic E-state index is 0.0509. The third-order valence-electron chi connectivity index (χ3n) is 2.63. The monoisotopic (exact) mass is 243 g/mol. The molecule has 18 heavy (non-hydrogen) atoms. The predicted octanol–water partition coefficient (Wildman–Crippen LogP) is 0.117. The fraction of sp³-hybridized carbons (Fsp3) is 0.167. The molecule has 0 aliphatic rings. The number of methoxy groups -OCH3 is 2. The zero-order chi connectivity index (χ0) is 13.3.